The van der Waals surface area contributed by atoms with Gasteiger partial charge in [0.2, 0.25) is 5.91 Å². The van der Waals surface area contributed by atoms with E-state index < -0.39 is 30.0 Å². The quantitative estimate of drug-likeness (QED) is 0.793. The zero-order valence-electron chi connectivity index (χ0n) is 14.0. The number of carbonyl (C=O) groups is 2. The summed E-state index contributed by atoms with van der Waals surface area (Å²) < 4.78 is 45.8. The number of benzene rings is 2. The molecule has 0 heterocycles. The van der Waals surface area contributed by atoms with Gasteiger partial charge in [-0.2, -0.15) is 13.2 Å². The van der Waals surface area contributed by atoms with Gasteiger partial charge >= 0.3 is 12.1 Å². The maximum Gasteiger partial charge on any atom is 0.404 e. The van der Waals surface area contributed by atoms with Gasteiger partial charge in [0.1, 0.15) is 6.61 Å². The molecule has 0 aromatic heterocycles. The average molecular weight is 365 g/mol. The third-order valence-electron chi connectivity index (χ3n) is 3.68. The van der Waals surface area contributed by atoms with Crippen molar-refractivity contribution in [3.63, 3.8) is 0 Å². The van der Waals surface area contributed by atoms with Crippen LogP contribution in [0.15, 0.2) is 60.7 Å². The topological polar surface area (TPSA) is 55.4 Å². The molecule has 0 saturated heterocycles. The predicted molar refractivity (Wildman–Crippen MR) is 88.8 cm³/mol. The Morgan fingerprint density at radius 1 is 1.00 bits per heavy atom. The summed E-state index contributed by atoms with van der Waals surface area (Å²) in [4.78, 5) is 23.7. The minimum absolute atomic E-state index is 0.168. The fourth-order valence-corrected chi connectivity index (χ4v) is 2.52. The lowest BCUT2D eigenvalue weighted by molar-refractivity contribution is -0.204. The summed E-state index contributed by atoms with van der Waals surface area (Å²) in [6.45, 7) is 0.812. The highest BCUT2D eigenvalue weighted by atomic mass is 19.4. The molecule has 0 aliphatic rings. The normalized spacial score (nSPS) is 13.5. The number of ether oxygens (including phenoxy) is 1. The molecule has 2 atom stereocenters. The number of hydrogen-bond acceptors (Lipinski definition) is 3. The van der Waals surface area contributed by atoms with Gasteiger partial charge in [-0.25, -0.2) is 0 Å². The molecule has 0 spiro atoms. The minimum atomic E-state index is -4.89. The Morgan fingerprint density at radius 2 is 1.54 bits per heavy atom. The van der Waals surface area contributed by atoms with Crippen LogP contribution in [-0.2, 0) is 20.9 Å². The van der Waals surface area contributed by atoms with Gasteiger partial charge in [0.25, 0.3) is 0 Å². The summed E-state index contributed by atoms with van der Waals surface area (Å²) in [5, 5.41) is 2.22. The molecule has 0 fully saturated rings. The zero-order valence-corrected chi connectivity index (χ0v) is 14.0. The first-order chi connectivity index (χ1) is 12.3. The van der Waals surface area contributed by atoms with Gasteiger partial charge in [0.05, 0.1) is 6.04 Å². The van der Waals surface area contributed by atoms with Crippen molar-refractivity contribution >= 4 is 11.9 Å². The standard InChI is InChI=1S/C19H18F3NO3/c1-13(24)23-17(15-10-6-3-7-11-15)16(19(20,21)22)18(25)26-12-14-8-4-2-5-9-14/h2-11,16-17H,12H2,1H3,(H,23,24). The minimum Gasteiger partial charge on any atom is -0.460 e. The van der Waals surface area contributed by atoms with Gasteiger partial charge < -0.3 is 10.1 Å². The molecule has 4 nitrogen and oxygen atoms in total. The summed E-state index contributed by atoms with van der Waals surface area (Å²) in [6, 6.07) is 14.4. The van der Waals surface area contributed by atoms with Gasteiger partial charge in [0, 0.05) is 6.92 Å². The monoisotopic (exact) mass is 365 g/mol. The molecule has 2 aromatic carbocycles. The first-order valence-corrected chi connectivity index (χ1v) is 7.88. The molecule has 0 bridgehead atoms. The average Bonchev–Trinajstić information content (AvgIpc) is 2.59. The van der Waals surface area contributed by atoms with Crippen molar-refractivity contribution in [3.8, 4) is 0 Å². The van der Waals surface area contributed by atoms with Crippen LogP contribution in [0, 0.1) is 5.92 Å². The van der Waals surface area contributed by atoms with Crippen LogP contribution >= 0.6 is 0 Å². The fourth-order valence-electron chi connectivity index (χ4n) is 2.52. The third-order valence-corrected chi connectivity index (χ3v) is 3.68. The van der Waals surface area contributed by atoms with E-state index in [0.29, 0.717) is 5.56 Å². The molecule has 26 heavy (non-hydrogen) atoms. The molecule has 138 valence electrons. The van der Waals surface area contributed by atoms with Crippen LogP contribution < -0.4 is 5.32 Å². The number of carbonyl (C=O) groups excluding carboxylic acids is 2. The number of hydrogen-bond donors (Lipinski definition) is 1. The fraction of sp³-hybridized carbons (Fsp3) is 0.263. The molecule has 1 N–H and O–H groups in total. The summed E-state index contributed by atoms with van der Waals surface area (Å²) in [5.41, 5.74) is 0.735. The van der Waals surface area contributed by atoms with Crippen LogP contribution in [0.1, 0.15) is 24.1 Å². The summed E-state index contributed by atoms with van der Waals surface area (Å²) in [7, 11) is 0. The Bertz CT molecular complexity index is 733. The van der Waals surface area contributed by atoms with Crippen molar-refractivity contribution in [1.29, 1.82) is 0 Å². The number of alkyl halides is 3. The second-order valence-corrected chi connectivity index (χ2v) is 5.70. The lowest BCUT2D eigenvalue weighted by atomic mass is 9.92. The highest BCUT2D eigenvalue weighted by Crippen LogP contribution is 2.37. The summed E-state index contributed by atoms with van der Waals surface area (Å²) >= 11 is 0. The molecule has 0 radical (unpaired) electrons. The highest BCUT2D eigenvalue weighted by molar-refractivity contribution is 5.78. The van der Waals surface area contributed by atoms with Crippen LogP contribution in [0.25, 0.3) is 0 Å². The molecule has 7 heteroatoms. The van der Waals surface area contributed by atoms with Gasteiger partial charge in [-0.3, -0.25) is 9.59 Å². The second-order valence-electron chi connectivity index (χ2n) is 5.70. The van der Waals surface area contributed by atoms with Crippen LogP contribution in [0.2, 0.25) is 0 Å². The Hall–Kier alpha value is -2.83. The number of nitrogens with one attached hydrogen (secondary N) is 1. The SMILES string of the molecule is CC(=O)NC(c1ccccc1)C(C(=O)OCc1ccccc1)C(F)(F)F. The van der Waals surface area contributed by atoms with Crippen molar-refractivity contribution < 1.29 is 27.5 Å². The zero-order chi connectivity index (χ0) is 19.2. The van der Waals surface area contributed by atoms with E-state index >= 15 is 0 Å². The first kappa shape index (κ1) is 19.5. The van der Waals surface area contributed by atoms with Crippen LogP contribution in [0.3, 0.4) is 0 Å². The maximum absolute atomic E-state index is 13.6. The van der Waals surface area contributed by atoms with E-state index in [1.165, 1.54) is 24.3 Å². The van der Waals surface area contributed by atoms with Gasteiger partial charge in [0.15, 0.2) is 5.92 Å². The Kier molecular flexibility index (Phi) is 6.38. The number of rotatable bonds is 6. The molecular formula is C19H18F3NO3. The van der Waals surface area contributed by atoms with Crippen molar-refractivity contribution in [3.05, 3.63) is 71.8 Å². The molecule has 0 aliphatic heterocycles. The first-order valence-electron chi connectivity index (χ1n) is 7.88. The van der Waals surface area contributed by atoms with E-state index in [0.717, 1.165) is 6.92 Å². The van der Waals surface area contributed by atoms with Crippen molar-refractivity contribution in [1.82, 2.24) is 5.32 Å². The Labute approximate surface area is 149 Å². The summed E-state index contributed by atoms with van der Waals surface area (Å²) in [5.74, 6) is -4.63. The van der Waals surface area contributed by atoms with Crippen LogP contribution in [-0.4, -0.2) is 18.1 Å². The van der Waals surface area contributed by atoms with Crippen molar-refractivity contribution in [2.24, 2.45) is 5.92 Å². The van der Waals surface area contributed by atoms with E-state index in [4.69, 9.17) is 4.74 Å². The van der Waals surface area contributed by atoms with Gasteiger partial charge in [-0.15, -0.1) is 0 Å². The third kappa shape index (κ3) is 5.34. The smallest absolute Gasteiger partial charge is 0.404 e. The van der Waals surface area contributed by atoms with E-state index in [1.54, 1.807) is 36.4 Å². The molecular weight excluding hydrogens is 347 g/mol. The largest absolute Gasteiger partial charge is 0.460 e. The lowest BCUT2D eigenvalue weighted by Gasteiger charge is -2.28. The Morgan fingerprint density at radius 3 is 2.04 bits per heavy atom. The summed E-state index contributed by atoms with van der Waals surface area (Å²) in [6.07, 6.45) is -4.89. The van der Waals surface area contributed by atoms with Crippen molar-refractivity contribution in [2.75, 3.05) is 0 Å². The Balaban J connectivity index is 2.28. The number of esters is 1. The van der Waals surface area contributed by atoms with Gasteiger partial charge in [-0.1, -0.05) is 60.7 Å². The van der Waals surface area contributed by atoms with Gasteiger partial charge in [-0.05, 0) is 11.1 Å². The maximum atomic E-state index is 13.6. The lowest BCUT2D eigenvalue weighted by Crippen LogP contribution is -2.44. The number of amides is 1. The number of halogens is 3. The van der Waals surface area contributed by atoms with Crippen LogP contribution in [0.4, 0.5) is 13.2 Å². The molecule has 0 saturated carbocycles. The molecule has 2 rings (SSSR count). The van der Waals surface area contributed by atoms with Crippen molar-refractivity contribution in [2.45, 2.75) is 25.7 Å². The van der Waals surface area contributed by atoms with Crippen LogP contribution in [0.5, 0.6) is 0 Å². The predicted octanol–water partition coefficient (Wildman–Crippen LogP) is 3.79. The van der Waals surface area contributed by atoms with E-state index in [-0.39, 0.29) is 12.2 Å². The van der Waals surface area contributed by atoms with E-state index in [2.05, 4.69) is 5.32 Å². The molecule has 2 aromatic rings. The van der Waals surface area contributed by atoms with E-state index in [9.17, 15) is 22.8 Å². The highest BCUT2D eigenvalue weighted by Gasteiger charge is 2.51. The second kappa shape index (κ2) is 8.51. The molecule has 2 unspecified atom stereocenters. The molecule has 1 amide bonds. The van der Waals surface area contributed by atoms with E-state index in [1.807, 2.05) is 0 Å². The molecule has 0 aliphatic carbocycles.